The van der Waals surface area contributed by atoms with Gasteiger partial charge in [-0.2, -0.15) is 0 Å². The van der Waals surface area contributed by atoms with Gasteiger partial charge < -0.3 is 9.64 Å². The fourth-order valence-corrected chi connectivity index (χ4v) is 8.10. The van der Waals surface area contributed by atoms with E-state index in [4.69, 9.17) is 9.73 Å². The number of amides is 1. The molecule has 1 fully saturated rings. The Hall–Kier alpha value is -2.99. The summed E-state index contributed by atoms with van der Waals surface area (Å²) in [6, 6.07) is 12.3. The lowest BCUT2D eigenvalue weighted by Gasteiger charge is -2.35. The van der Waals surface area contributed by atoms with Crippen molar-refractivity contribution in [2.24, 2.45) is 16.8 Å². The molecule has 5 rings (SSSR count). The standard InChI is InChI=1S/C39H54FN3O2/c1-6-10-29-13-9-21-41-36(29)17-18-37-28(5)34(30-14-19-38-31(24-30)20-22-45-38)25-42(37)26-39(44)43(32(11-7-2)12-8-3)33-15-16-35(40)27(4)23-33/h9,14-16,19,21,23-24,28-29,32,34,37H,6-8,10-13,17-18,20,22,25-26H2,1-5H3/t28-,29+,34+,37+/m1/s1. The minimum atomic E-state index is -0.230. The number of nitrogens with zero attached hydrogens (tertiary/aromatic N) is 3. The van der Waals surface area contributed by atoms with Gasteiger partial charge in [0.15, 0.2) is 0 Å². The topological polar surface area (TPSA) is 45.1 Å². The van der Waals surface area contributed by atoms with E-state index in [9.17, 15) is 9.18 Å². The number of likely N-dealkylation sites (tertiary alicyclic amines) is 1. The van der Waals surface area contributed by atoms with Crippen molar-refractivity contribution in [2.75, 3.05) is 24.6 Å². The second-order valence-electron chi connectivity index (χ2n) is 13.6. The van der Waals surface area contributed by atoms with Gasteiger partial charge in [-0.25, -0.2) is 4.39 Å². The number of fused-ring (bicyclic) bond motifs is 1. The van der Waals surface area contributed by atoms with Gasteiger partial charge in [0.2, 0.25) is 5.91 Å². The second-order valence-corrected chi connectivity index (χ2v) is 13.6. The SMILES string of the molecule is CCCC(CCC)N(C(=O)CN1C[C@H](c2ccc3c(c2)CCO3)[C@@H](C)[C@@H]1CCC1=NC=CC[C@@H]1CCC)c1ccc(F)c(C)c1. The van der Waals surface area contributed by atoms with Gasteiger partial charge in [0.25, 0.3) is 0 Å². The highest BCUT2D eigenvalue weighted by molar-refractivity contribution is 5.95. The first-order valence-corrected chi connectivity index (χ1v) is 17.6. The van der Waals surface area contributed by atoms with Crippen LogP contribution in [0.25, 0.3) is 0 Å². The van der Waals surface area contributed by atoms with Gasteiger partial charge in [-0.05, 0) is 92.3 Å². The average Bonchev–Trinajstić information content (AvgIpc) is 3.62. The molecule has 0 aromatic heterocycles. The average molecular weight is 616 g/mol. The highest BCUT2D eigenvalue weighted by Gasteiger charge is 2.41. The predicted molar refractivity (Wildman–Crippen MR) is 184 cm³/mol. The molecule has 4 atom stereocenters. The van der Waals surface area contributed by atoms with Gasteiger partial charge in [0.1, 0.15) is 11.6 Å². The molecule has 3 aliphatic rings. The minimum absolute atomic E-state index is 0.0986. The maximum Gasteiger partial charge on any atom is 0.241 e. The number of carbonyl (C=O) groups is 1. The molecule has 0 radical (unpaired) electrons. The van der Waals surface area contributed by atoms with Crippen molar-refractivity contribution >= 4 is 17.3 Å². The Morgan fingerprint density at radius 2 is 1.89 bits per heavy atom. The van der Waals surface area contributed by atoms with Gasteiger partial charge >= 0.3 is 0 Å². The Labute approximate surface area is 270 Å². The Balaban J connectivity index is 1.43. The van der Waals surface area contributed by atoms with E-state index in [2.05, 4.69) is 56.9 Å². The lowest BCUT2D eigenvalue weighted by atomic mass is 9.83. The van der Waals surface area contributed by atoms with E-state index in [1.165, 1.54) is 29.3 Å². The van der Waals surface area contributed by atoms with Crippen LogP contribution >= 0.6 is 0 Å². The predicted octanol–water partition coefficient (Wildman–Crippen LogP) is 9.03. The van der Waals surface area contributed by atoms with Crippen LogP contribution in [0.5, 0.6) is 5.75 Å². The highest BCUT2D eigenvalue weighted by Crippen LogP contribution is 2.41. The third-order valence-corrected chi connectivity index (χ3v) is 10.5. The first kappa shape index (κ1) is 33.4. The van der Waals surface area contributed by atoms with E-state index in [-0.39, 0.29) is 23.8 Å². The Bertz CT molecular complexity index is 1360. The lowest BCUT2D eigenvalue weighted by Crippen LogP contribution is -2.47. The summed E-state index contributed by atoms with van der Waals surface area (Å²) in [5.74, 6) is 2.17. The first-order valence-electron chi connectivity index (χ1n) is 17.6. The Morgan fingerprint density at radius 1 is 1.09 bits per heavy atom. The molecule has 1 saturated heterocycles. The molecule has 45 heavy (non-hydrogen) atoms. The van der Waals surface area contributed by atoms with Crippen molar-refractivity contribution in [1.29, 1.82) is 0 Å². The summed E-state index contributed by atoms with van der Waals surface area (Å²) < 4.78 is 20.2. The molecule has 0 unspecified atom stereocenters. The zero-order valence-corrected chi connectivity index (χ0v) is 28.2. The van der Waals surface area contributed by atoms with E-state index in [1.807, 2.05) is 17.2 Å². The number of rotatable bonds is 14. The normalized spacial score (nSPS) is 22.9. The zero-order valence-electron chi connectivity index (χ0n) is 28.2. The maximum absolute atomic E-state index is 14.5. The molecule has 3 heterocycles. The molecular formula is C39H54FN3O2. The summed E-state index contributed by atoms with van der Waals surface area (Å²) in [4.78, 5) is 23.9. The molecule has 244 valence electrons. The van der Waals surface area contributed by atoms with Crippen molar-refractivity contribution in [3.05, 3.63) is 71.2 Å². The maximum atomic E-state index is 14.5. The summed E-state index contributed by atoms with van der Waals surface area (Å²) in [5.41, 5.74) is 5.38. The van der Waals surface area contributed by atoms with Crippen molar-refractivity contribution in [2.45, 2.75) is 117 Å². The fourth-order valence-electron chi connectivity index (χ4n) is 8.10. The fraction of sp³-hybridized carbons (Fsp3) is 0.590. The van der Waals surface area contributed by atoms with Crippen LogP contribution in [0.3, 0.4) is 0 Å². The number of carbonyl (C=O) groups excluding carboxylic acids is 1. The molecule has 5 nitrogen and oxygen atoms in total. The van der Waals surface area contributed by atoms with E-state index in [0.717, 1.165) is 82.4 Å². The second kappa shape index (κ2) is 15.5. The van der Waals surface area contributed by atoms with E-state index in [1.54, 1.807) is 13.0 Å². The number of ether oxygens (including phenoxy) is 1. The van der Waals surface area contributed by atoms with Crippen LogP contribution in [0, 0.1) is 24.6 Å². The summed E-state index contributed by atoms with van der Waals surface area (Å²) in [5, 5.41) is 0. The minimum Gasteiger partial charge on any atom is -0.493 e. The number of benzene rings is 2. The molecule has 0 bridgehead atoms. The third-order valence-electron chi connectivity index (χ3n) is 10.5. The van der Waals surface area contributed by atoms with Crippen molar-refractivity contribution < 1.29 is 13.9 Å². The lowest BCUT2D eigenvalue weighted by molar-refractivity contribution is -0.120. The quantitative estimate of drug-likeness (QED) is 0.213. The van der Waals surface area contributed by atoms with Crippen molar-refractivity contribution in [3.63, 3.8) is 0 Å². The van der Waals surface area contributed by atoms with Crippen LogP contribution in [0.1, 0.15) is 108 Å². The summed E-state index contributed by atoms with van der Waals surface area (Å²) in [6.45, 7) is 12.8. The number of hydrogen-bond acceptors (Lipinski definition) is 4. The first-order chi connectivity index (χ1) is 21.8. The van der Waals surface area contributed by atoms with E-state index in [0.29, 0.717) is 29.9 Å². The number of hydrogen-bond donors (Lipinski definition) is 0. The Kier molecular flexibility index (Phi) is 11.5. The number of halogens is 1. The number of anilines is 1. The summed E-state index contributed by atoms with van der Waals surface area (Å²) >= 11 is 0. The third kappa shape index (κ3) is 7.70. The van der Waals surface area contributed by atoms with Gasteiger partial charge in [-0.3, -0.25) is 14.7 Å². The van der Waals surface area contributed by atoms with E-state index >= 15 is 0 Å². The molecule has 0 aliphatic carbocycles. The van der Waals surface area contributed by atoms with Crippen LogP contribution < -0.4 is 9.64 Å². The molecule has 0 N–H and O–H groups in total. The summed E-state index contributed by atoms with van der Waals surface area (Å²) in [7, 11) is 0. The largest absolute Gasteiger partial charge is 0.493 e. The van der Waals surface area contributed by atoms with Crippen LogP contribution in [0.15, 0.2) is 53.7 Å². The number of aliphatic imine (C=N–C) groups is 1. The molecule has 2 aromatic rings. The number of allylic oxidation sites excluding steroid dienone is 1. The van der Waals surface area contributed by atoms with Gasteiger partial charge in [0, 0.05) is 54.5 Å². The molecule has 1 amide bonds. The van der Waals surface area contributed by atoms with E-state index < -0.39 is 0 Å². The van der Waals surface area contributed by atoms with Crippen molar-refractivity contribution in [3.8, 4) is 5.75 Å². The molecule has 3 aliphatic heterocycles. The van der Waals surface area contributed by atoms with Crippen LogP contribution in [-0.2, 0) is 11.2 Å². The summed E-state index contributed by atoms with van der Waals surface area (Å²) in [6.07, 6.45) is 14.4. The van der Waals surface area contributed by atoms with Crippen molar-refractivity contribution in [1.82, 2.24) is 4.90 Å². The molecular weight excluding hydrogens is 561 g/mol. The molecule has 0 saturated carbocycles. The molecule has 0 spiro atoms. The number of aryl methyl sites for hydroxylation is 1. The monoisotopic (exact) mass is 615 g/mol. The molecule has 2 aromatic carbocycles. The smallest absolute Gasteiger partial charge is 0.241 e. The Morgan fingerprint density at radius 3 is 2.62 bits per heavy atom. The van der Waals surface area contributed by atoms with Crippen LogP contribution in [-0.4, -0.2) is 48.3 Å². The highest BCUT2D eigenvalue weighted by atomic mass is 19.1. The van der Waals surface area contributed by atoms with Gasteiger partial charge in [-0.15, -0.1) is 0 Å². The molecule has 6 heteroatoms. The van der Waals surface area contributed by atoms with Crippen LogP contribution in [0.2, 0.25) is 0 Å². The van der Waals surface area contributed by atoms with Gasteiger partial charge in [-0.1, -0.05) is 65.2 Å². The van der Waals surface area contributed by atoms with Crippen LogP contribution in [0.4, 0.5) is 10.1 Å². The zero-order chi connectivity index (χ0) is 31.9. The van der Waals surface area contributed by atoms with Gasteiger partial charge in [0.05, 0.1) is 13.2 Å².